The number of nitrogens with zero attached hydrogens (tertiary/aromatic N) is 1. The van der Waals surface area contributed by atoms with Crippen molar-refractivity contribution in [1.29, 1.82) is 0 Å². The van der Waals surface area contributed by atoms with Crippen LogP contribution in [-0.4, -0.2) is 30.8 Å². The van der Waals surface area contributed by atoms with Gasteiger partial charge in [-0.3, -0.25) is 4.98 Å². The Balaban J connectivity index is 1.30. The van der Waals surface area contributed by atoms with Crippen LogP contribution in [0, 0.1) is 11.8 Å². The van der Waals surface area contributed by atoms with Gasteiger partial charge in [0.1, 0.15) is 5.75 Å². The van der Waals surface area contributed by atoms with Crippen LogP contribution in [0.3, 0.4) is 0 Å². The molecule has 5 rings (SSSR count). The number of nitrogens with one attached hydrogen (secondary N) is 1. The van der Waals surface area contributed by atoms with Gasteiger partial charge in [0.05, 0.1) is 24.2 Å². The summed E-state index contributed by atoms with van der Waals surface area (Å²) in [6.07, 6.45) is 10.8. The van der Waals surface area contributed by atoms with Crippen molar-refractivity contribution in [1.82, 2.24) is 10.3 Å². The van der Waals surface area contributed by atoms with Gasteiger partial charge in [-0.1, -0.05) is 18.9 Å². The van der Waals surface area contributed by atoms with Crippen LogP contribution in [0.25, 0.3) is 0 Å². The molecule has 156 valence electrons. The summed E-state index contributed by atoms with van der Waals surface area (Å²) in [6, 6.07) is 8.50. The molecular weight excluding hydrogens is 380 g/mol. The van der Waals surface area contributed by atoms with Gasteiger partial charge in [-0.2, -0.15) is 0 Å². The van der Waals surface area contributed by atoms with Gasteiger partial charge >= 0.3 is 0 Å². The predicted octanol–water partition coefficient (Wildman–Crippen LogP) is 4.94. The van der Waals surface area contributed by atoms with E-state index in [1.165, 1.54) is 49.1 Å². The summed E-state index contributed by atoms with van der Waals surface area (Å²) in [7, 11) is 1.75. The minimum atomic E-state index is 0.180. The minimum Gasteiger partial charge on any atom is -0.496 e. The van der Waals surface area contributed by atoms with E-state index in [2.05, 4.69) is 28.9 Å². The number of fused-ring (bicyclic) bond motifs is 2. The second-order valence-electron chi connectivity index (χ2n) is 9.19. The van der Waals surface area contributed by atoms with Crippen molar-refractivity contribution in [2.24, 2.45) is 11.8 Å². The monoisotopic (exact) mass is 412 g/mol. The smallest absolute Gasteiger partial charge is 0.134 e. The van der Waals surface area contributed by atoms with Gasteiger partial charge in [-0.05, 0) is 74.1 Å². The van der Waals surface area contributed by atoms with Gasteiger partial charge in [0.15, 0.2) is 0 Å². The molecule has 2 aromatic rings. The second-order valence-corrected chi connectivity index (χ2v) is 10.2. The Labute approximate surface area is 178 Å². The molecule has 2 aromatic heterocycles. The summed E-state index contributed by atoms with van der Waals surface area (Å²) in [5.41, 5.74) is 1.65. The number of thiophene rings is 1. The summed E-state index contributed by atoms with van der Waals surface area (Å²) in [5, 5.41) is 5.78. The molecule has 3 unspecified atom stereocenters. The number of pyridine rings is 1. The number of rotatable bonds is 7. The zero-order chi connectivity index (χ0) is 19.7. The molecule has 1 spiro atoms. The maximum absolute atomic E-state index is 6.45. The Morgan fingerprint density at radius 1 is 1.24 bits per heavy atom. The third kappa shape index (κ3) is 3.51. The van der Waals surface area contributed by atoms with Crippen molar-refractivity contribution in [2.75, 3.05) is 20.3 Å². The van der Waals surface area contributed by atoms with Crippen LogP contribution in [0.15, 0.2) is 35.8 Å². The third-order valence-corrected chi connectivity index (χ3v) is 8.64. The third-order valence-electron chi connectivity index (χ3n) is 7.74. The van der Waals surface area contributed by atoms with E-state index in [9.17, 15) is 0 Å². The first kappa shape index (κ1) is 19.5. The lowest BCUT2D eigenvalue weighted by Crippen LogP contribution is -2.36. The summed E-state index contributed by atoms with van der Waals surface area (Å²) >= 11 is 1.76. The van der Waals surface area contributed by atoms with E-state index in [-0.39, 0.29) is 11.0 Å². The molecule has 0 aromatic carbocycles. The van der Waals surface area contributed by atoms with Gasteiger partial charge in [-0.15, -0.1) is 11.3 Å². The fourth-order valence-corrected chi connectivity index (χ4v) is 7.17. The van der Waals surface area contributed by atoms with E-state index in [1.54, 1.807) is 18.4 Å². The molecule has 3 atom stereocenters. The standard InChI is InChI=1S/C24H32N2O2S/c1-27-20-7-13-29-21(20)16-25-12-10-23(22-6-2-5-11-26-22)14-18-17-28-24(19(18)15-23)8-3-4-9-24/h2,5-7,11,13,18-19,25H,3-4,8-10,12,14-17H2,1H3. The molecule has 3 fully saturated rings. The quantitative estimate of drug-likeness (QED) is 0.654. The van der Waals surface area contributed by atoms with E-state index < -0.39 is 0 Å². The molecule has 0 radical (unpaired) electrons. The molecule has 3 aliphatic rings. The summed E-state index contributed by atoms with van der Waals surface area (Å²) in [5.74, 6) is 2.41. The predicted molar refractivity (Wildman–Crippen MR) is 116 cm³/mol. The second kappa shape index (κ2) is 8.01. The van der Waals surface area contributed by atoms with Crippen LogP contribution in [0.1, 0.15) is 55.5 Å². The van der Waals surface area contributed by atoms with Gasteiger partial charge in [-0.25, -0.2) is 0 Å². The number of aromatic nitrogens is 1. The molecular formula is C24H32N2O2S. The fraction of sp³-hybridized carbons (Fsp3) is 0.625. The van der Waals surface area contributed by atoms with E-state index in [0.717, 1.165) is 31.9 Å². The molecule has 5 heteroatoms. The molecule has 1 N–H and O–H groups in total. The molecule has 4 nitrogen and oxygen atoms in total. The molecule has 0 amide bonds. The van der Waals surface area contributed by atoms with Crippen LogP contribution in [-0.2, 0) is 16.7 Å². The number of methoxy groups -OCH3 is 1. The molecule has 0 bridgehead atoms. The van der Waals surface area contributed by atoms with Gasteiger partial charge < -0.3 is 14.8 Å². The highest BCUT2D eigenvalue weighted by atomic mass is 32.1. The average molecular weight is 413 g/mol. The van der Waals surface area contributed by atoms with E-state index in [1.807, 2.05) is 12.3 Å². The highest BCUT2D eigenvalue weighted by Gasteiger charge is 2.59. The van der Waals surface area contributed by atoms with Crippen LogP contribution in [0.2, 0.25) is 0 Å². The van der Waals surface area contributed by atoms with Crippen molar-refractivity contribution >= 4 is 11.3 Å². The Morgan fingerprint density at radius 3 is 2.93 bits per heavy atom. The summed E-state index contributed by atoms with van der Waals surface area (Å²) in [6.45, 7) is 2.84. The van der Waals surface area contributed by atoms with Crippen molar-refractivity contribution in [3.05, 3.63) is 46.4 Å². The van der Waals surface area contributed by atoms with Crippen molar-refractivity contribution in [3.63, 3.8) is 0 Å². The summed E-state index contributed by atoms with van der Waals surface area (Å²) < 4.78 is 11.9. The zero-order valence-electron chi connectivity index (χ0n) is 17.4. The number of hydrogen-bond donors (Lipinski definition) is 1. The number of hydrogen-bond acceptors (Lipinski definition) is 5. The molecule has 1 aliphatic heterocycles. The fourth-order valence-electron chi connectivity index (χ4n) is 6.36. The van der Waals surface area contributed by atoms with Gasteiger partial charge in [0.25, 0.3) is 0 Å². The Morgan fingerprint density at radius 2 is 2.14 bits per heavy atom. The maximum Gasteiger partial charge on any atom is 0.134 e. The Bertz CT molecular complexity index is 817. The molecule has 2 saturated carbocycles. The first-order valence-electron chi connectivity index (χ1n) is 11.1. The highest BCUT2D eigenvalue weighted by molar-refractivity contribution is 7.10. The highest BCUT2D eigenvalue weighted by Crippen LogP contribution is 2.60. The minimum absolute atomic E-state index is 0.180. The molecule has 29 heavy (non-hydrogen) atoms. The lowest BCUT2D eigenvalue weighted by molar-refractivity contribution is -0.0226. The van der Waals surface area contributed by atoms with Gasteiger partial charge in [0.2, 0.25) is 0 Å². The van der Waals surface area contributed by atoms with E-state index in [0.29, 0.717) is 11.8 Å². The first-order valence-corrected chi connectivity index (χ1v) is 12.0. The van der Waals surface area contributed by atoms with Crippen molar-refractivity contribution in [3.8, 4) is 5.75 Å². The summed E-state index contributed by atoms with van der Waals surface area (Å²) in [4.78, 5) is 6.12. The van der Waals surface area contributed by atoms with E-state index in [4.69, 9.17) is 14.5 Å². The topological polar surface area (TPSA) is 43.4 Å². The Kier molecular flexibility index (Phi) is 5.39. The van der Waals surface area contributed by atoms with Crippen LogP contribution in [0.4, 0.5) is 0 Å². The van der Waals surface area contributed by atoms with Gasteiger partial charge in [0, 0.05) is 23.9 Å². The van der Waals surface area contributed by atoms with Crippen molar-refractivity contribution < 1.29 is 9.47 Å². The first-order chi connectivity index (χ1) is 14.2. The van der Waals surface area contributed by atoms with Crippen LogP contribution >= 0.6 is 11.3 Å². The van der Waals surface area contributed by atoms with Crippen LogP contribution in [0.5, 0.6) is 5.75 Å². The molecule has 3 heterocycles. The average Bonchev–Trinajstić information content (AvgIpc) is 3.53. The normalized spacial score (nSPS) is 30.1. The Hall–Kier alpha value is -1.43. The molecule has 1 saturated heterocycles. The molecule has 2 aliphatic carbocycles. The lowest BCUT2D eigenvalue weighted by Gasteiger charge is -2.34. The van der Waals surface area contributed by atoms with Crippen molar-refractivity contribution in [2.45, 2.75) is 62.5 Å². The van der Waals surface area contributed by atoms with E-state index >= 15 is 0 Å². The lowest BCUT2D eigenvalue weighted by atomic mass is 9.75. The SMILES string of the molecule is COc1ccsc1CNCCC1(c2ccccn2)CC2COC3(CCCC3)C2C1. The zero-order valence-corrected chi connectivity index (χ0v) is 18.2. The number of ether oxygens (including phenoxy) is 2. The maximum atomic E-state index is 6.45. The largest absolute Gasteiger partial charge is 0.496 e. The van der Waals surface area contributed by atoms with Crippen LogP contribution < -0.4 is 10.1 Å².